The summed E-state index contributed by atoms with van der Waals surface area (Å²) >= 11 is 0. The van der Waals surface area contributed by atoms with Crippen molar-refractivity contribution in [2.75, 3.05) is 13.1 Å². The van der Waals surface area contributed by atoms with Gasteiger partial charge in [-0.3, -0.25) is 9.80 Å². The van der Waals surface area contributed by atoms with Crippen molar-refractivity contribution < 1.29 is 4.79 Å². The lowest BCUT2D eigenvalue weighted by molar-refractivity contribution is -0.138. The zero-order chi connectivity index (χ0) is 9.97. The molecule has 14 heavy (non-hydrogen) atoms. The second-order valence-corrected chi connectivity index (χ2v) is 4.72. The maximum Gasteiger partial charge on any atom is 0.239 e. The lowest BCUT2D eigenvalue weighted by Crippen LogP contribution is -2.42. The summed E-state index contributed by atoms with van der Waals surface area (Å²) in [6.45, 7) is 4.13. The van der Waals surface area contributed by atoms with Gasteiger partial charge in [-0.15, -0.1) is 0 Å². The van der Waals surface area contributed by atoms with E-state index in [1.54, 1.807) is 0 Å². The van der Waals surface area contributed by atoms with Gasteiger partial charge < -0.3 is 0 Å². The maximum atomic E-state index is 12.0. The highest BCUT2D eigenvalue weighted by molar-refractivity contribution is 5.78. The molecule has 1 saturated carbocycles. The summed E-state index contributed by atoms with van der Waals surface area (Å²) in [7, 11) is 0. The second kappa shape index (κ2) is 4.30. The van der Waals surface area contributed by atoms with E-state index in [0.29, 0.717) is 11.8 Å². The summed E-state index contributed by atoms with van der Waals surface area (Å²) in [6, 6.07) is 0. The van der Waals surface area contributed by atoms with E-state index in [9.17, 15) is 4.79 Å². The smallest absolute Gasteiger partial charge is 0.239 e. The molecule has 2 atom stereocenters. The van der Waals surface area contributed by atoms with Crippen molar-refractivity contribution >= 4 is 5.91 Å². The van der Waals surface area contributed by atoms with Crippen LogP contribution in [0, 0.1) is 11.8 Å². The zero-order valence-electron chi connectivity index (χ0n) is 8.96. The van der Waals surface area contributed by atoms with Gasteiger partial charge >= 0.3 is 0 Å². The molecule has 0 bridgehead atoms. The molecular formula is C11H20N2O. The van der Waals surface area contributed by atoms with Crippen LogP contribution in [-0.2, 0) is 4.79 Å². The Balaban J connectivity index is 1.89. The molecule has 1 amide bonds. The highest BCUT2D eigenvalue weighted by atomic mass is 16.2. The fourth-order valence-electron chi connectivity index (χ4n) is 2.60. The predicted molar refractivity (Wildman–Crippen MR) is 55.5 cm³/mol. The summed E-state index contributed by atoms with van der Waals surface area (Å²) in [4.78, 5) is 12.0. The number of nitrogens with one attached hydrogen (secondary N) is 1. The minimum atomic E-state index is 0.296. The molecule has 0 radical (unpaired) electrons. The summed E-state index contributed by atoms with van der Waals surface area (Å²) in [5.74, 6) is 1.37. The van der Waals surface area contributed by atoms with Crippen LogP contribution in [0.2, 0.25) is 0 Å². The molecule has 1 aliphatic heterocycles. The highest BCUT2D eigenvalue weighted by Crippen LogP contribution is 2.29. The third kappa shape index (κ3) is 2.08. The van der Waals surface area contributed by atoms with Gasteiger partial charge in [0.15, 0.2) is 0 Å². The van der Waals surface area contributed by atoms with Gasteiger partial charge in [0, 0.05) is 19.0 Å². The summed E-state index contributed by atoms with van der Waals surface area (Å²) in [5, 5.41) is 1.84. The number of amides is 1. The molecule has 2 unspecified atom stereocenters. The quantitative estimate of drug-likeness (QED) is 0.690. The van der Waals surface area contributed by atoms with Crippen LogP contribution in [-0.4, -0.2) is 24.0 Å². The van der Waals surface area contributed by atoms with E-state index < -0.39 is 0 Å². The Morgan fingerprint density at radius 1 is 1.36 bits per heavy atom. The van der Waals surface area contributed by atoms with Crippen molar-refractivity contribution in [3.8, 4) is 0 Å². The first-order chi connectivity index (χ1) is 6.77. The van der Waals surface area contributed by atoms with Crippen LogP contribution in [0.4, 0.5) is 0 Å². The third-order valence-corrected chi connectivity index (χ3v) is 3.41. The van der Waals surface area contributed by atoms with Gasteiger partial charge in [-0.1, -0.05) is 19.8 Å². The Morgan fingerprint density at radius 3 is 2.86 bits per heavy atom. The fourth-order valence-corrected chi connectivity index (χ4v) is 2.60. The molecule has 1 N–H and O–H groups in total. The Labute approximate surface area is 85.8 Å². The zero-order valence-corrected chi connectivity index (χ0v) is 8.96. The molecule has 0 spiro atoms. The lowest BCUT2D eigenvalue weighted by atomic mass is 9.82. The van der Waals surface area contributed by atoms with E-state index in [1.807, 2.05) is 5.01 Å². The Kier molecular flexibility index (Phi) is 3.06. The minimum absolute atomic E-state index is 0.296. The maximum absolute atomic E-state index is 12.0. The van der Waals surface area contributed by atoms with Crippen LogP contribution in [0.15, 0.2) is 0 Å². The predicted octanol–water partition coefficient (Wildman–Crippen LogP) is 1.55. The van der Waals surface area contributed by atoms with E-state index in [2.05, 4.69) is 12.3 Å². The number of nitrogens with zero attached hydrogens (tertiary/aromatic N) is 1. The van der Waals surface area contributed by atoms with Crippen LogP contribution in [0.5, 0.6) is 0 Å². The lowest BCUT2D eigenvalue weighted by Gasteiger charge is -2.29. The van der Waals surface area contributed by atoms with E-state index in [4.69, 9.17) is 0 Å². The van der Waals surface area contributed by atoms with Crippen molar-refractivity contribution in [2.24, 2.45) is 11.8 Å². The SMILES string of the molecule is CC1CCCC(C(=O)N2CCCN2)C1. The van der Waals surface area contributed by atoms with Gasteiger partial charge in [-0.25, -0.2) is 5.43 Å². The number of hydrogen-bond donors (Lipinski definition) is 1. The average Bonchev–Trinajstić information content (AvgIpc) is 2.69. The van der Waals surface area contributed by atoms with Crippen molar-refractivity contribution in [3.05, 3.63) is 0 Å². The van der Waals surface area contributed by atoms with Crippen LogP contribution in [0.1, 0.15) is 39.0 Å². The van der Waals surface area contributed by atoms with E-state index in [0.717, 1.165) is 38.3 Å². The summed E-state index contributed by atoms with van der Waals surface area (Å²) < 4.78 is 0. The summed E-state index contributed by atoms with van der Waals surface area (Å²) in [5.41, 5.74) is 3.15. The van der Waals surface area contributed by atoms with Crippen LogP contribution < -0.4 is 5.43 Å². The van der Waals surface area contributed by atoms with E-state index in [-0.39, 0.29) is 0 Å². The van der Waals surface area contributed by atoms with E-state index in [1.165, 1.54) is 12.8 Å². The van der Waals surface area contributed by atoms with Gasteiger partial charge in [0.1, 0.15) is 0 Å². The first kappa shape index (κ1) is 9.97. The molecule has 2 rings (SSSR count). The molecule has 0 aromatic heterocycles. The molecular weight excluding hydrogens is 176 g/mol. The van der Waals surface area contributed by atoms with E-state index >= 15 is 0 Å². The number of hydrogen-bond acceptors (Lipinski definition) is 2. The molecule has 2 fully saturated rings. The van der Waals surface area contributed by atoms with Gasteiger partial charge in [0.25, 0.3) is 0 Å². The molecule has 0 aromatic rings. The van der Waals surface area contributed by atoms with Gasteiger partial charge in [0.05, 0.1) is 0 Å². The minimum Gasteiger partial charge on any atom is -0.278 e. The molecule has 1 heterocycles. The molecule has 1 saturated heterocycles. The van der Waals surface area contributed by atoms with Gasteiger partial charge in [0.2, 0.25) is 5.91 Å². The average molecular weight is 196 g/mol. The molecule has 0 aromatic carbocycles. The molecule has 2 aliphatic rings. The standard InChI is InChI=1S/C11H20N2O/c1-9-4-2-5-10(8-9)11(14)13-7-3-6-12-13/h9-10,12H,2-8H2,1H3. The normalized spacial score (nSPS) is 33.4. The topological polar surface area (TPSA) is 32.3 Å². The molecule has 1 aliphatic carbocycles. The van der Waals surface area contributed by atoms with Crippen LogP contribution in [0.3, 0.4) is 0 Å². The second-order valence-electron chi connectivity index (χ2n) is 4.72. The first-order valence-electron chi connectivity index (χ1n) is 5.82. The summed E-state index contributed by atoms with van der Waals surface area (Å²) in [6.07, 6.45) is 5.83. The number of rotatable bonds is 1. The van der Waals surface area contributed by atoms with Crippen molar-refractivity contribution in [2.45, 2.75) is 39.0 Å². The Hall–Kier alpha value is -0.570. The number of carbonyl (C=O) groups is 1. The molecule has 3 nitrogen and oxygen atoms in total. The number of hydrazine groups is 1. The third-order valence-electron chi connectivity index (χ3n) is 3.41. The fraction of sp³-hybridized carbons (Fsp3) is 0.909. The first-order valence-corrected chi connectivity index (χ1v) is 5.82. The van der Waals surface area contributed by atoms with Crippen LogP contribution in [0.25, 0.3) is 0 Å². The number of carbonyl (C=O) groups excluding carboxylic acids is 1. The van der Waals surface area contributed by atoms with Crippen molar-refractivity contribution in [1.82, 2.24) is 10.4 Å². The van der Waals surface area contributed by atoms with Gasteiger partial charge in [-0.2, -0.15) is 0 Å². The highest BCUT2D eigenvalue weighted by Gasteiger charge is 2.29. The van der Waals surface area contributed by atoms with Crippen molar-refractivity contribution in [3.63, 3.8) is 0 Å². The Bertz CT molecular complexity index is 211. The molecule has 80 valence electrons. The Morgan fingerprint density at radius 2 is 2.21 bits per heavy atom. The largest absolute Gasteiger partial charge is 0.278 e. The monoisotopic (exact) mass is 196 g/mol. The van der Waals surface area contributed by atoms with Gasteiger partial charge in [-0.05, 0) is 25.2 Å². The molecule has 3 heteroatoms. The van der Waals surface area contributed by atoms with Crippen LogP contribution >= 0.6 is 0 Å². The van der Waals surface area contributed by atoms with Crippen molar-refractivity contribution in [1.29, 1.82) is 0 Å².